The first-order chi connectivity index (χ1) is 7.92. The molecule has 6 heteroatoms. The fourth-order valence-electron chi connectivity index (χ4n) is 1.44. The van der Waals surface area contributed by atoms with Crippen LogP contribution in [0.25, 0.3) is 0 Å². The van der Waals surface area contributed by atoms with E-state index in [9.17, 15) is 14.9 Å². The number of hydrogen-bond donors (Lipinski definition) is 1. The number of hydrogen-bond acceptors (Lipinski definition) is 4. The number of nitro benzene ring substituents is 1. The molecule has 0 aliphatic carbocycles. The van der Waals surface area contributed by atoms with Gasteiger partial charge in [0.1, 0.15) is 0 Å². The van der Waals surface area contributed by atoms with E-state index in [1.54, 1.807) is 19.9 Å². The maximum atomic E-state index is 11.7. The maximum Gasteiger partial charge on any atom is 0.272 e. The van der Waals surface area contributed by atoms with Gasteiger partial charge < -0.3 is 10.1 Å². The van der Waals surface area contributed by atoms with Crippen LogP contribution in [0.4, 0.5) is 11.4 Å². The molecule has 1 aromatic rings. The third-order valence-corrected chi connectivity index (χ3v) is 2.71. The van der Waals surface area contributed by atoms with Gasteiger partial charge in [0.15, 0.2) is 5.60 Å². The SMILES string of the molecule is Cc1cc(NC(=O)C2(C)CO2)ccc1[N+](=O)[O-]. The van der Waals surface area contributed by atoms with Gasteiger partial charge in [0, 0.05) is 17.3 Å². The number of nitro groups is 1. The van der Waals surface area contributed by atoms with Gasteiger partial charge in [0.25, 0.3) is 11.6 Å². The second kappa shape index (κ2) is 3.81. The van der Waals surface area contributed by atoms with Gasteiger partial charge in [0.05, 0.1) is 11.5 Å². The molecular formula is C11H12N2O4. The van der Waals surface area contributed by atoms with Crippen LogP contribution < -0.4 is 5.32 Å². The molecule has 0 saturated carbocycles. The van der Waals surface area contributed by atoms with Crippen molar-refractivity contribution in [3.63, 3.8) is 0 Å². The second-order valence-electron chi connectivity index (χ2n) is 4.23. The number of rotatable bonds is 3. The van der Waals surface area contributed by atoms with E-state index in [0.717, 1.165) is 0 Å². The van der Waals surface area contributed by atoms with Gasteiger partial charge in [-0.1, -0.05) is 0 Å². The summed E-state index contributed by atoms with van der Waals surface area (Å²) in [5.41, 5.74) is 0.344. The van der Waals surface area contributed by atoms with Crippen molar-refractivity contribution in [1.29, 1.82) is 0 Å². The summed E-state index contributed by atoms with van der Waals surface area (Å²) in [5, 5.41) is 13.3. The number of benzene rings is 1. The molecule has 1 N–H and O–H groups in total. The predicted molar refractivity (Wildman–Crippen MR) is 60.8 cm³/mol. The molecule has 0 aromatic heterocycles. The molecular weight excluding hydrogens is 224 g/mol. The van der Waals surface area contributed by atoms with E-state index in [1.165, 1.54) is 12.1 Å². The van der Waals surface area contributed by atoms with Crippen molar-refractivity contribution in [2.24, 2.45) is 0 Å². The fourth-order valence-corrected chi connectivity index (χ4v) is 1.44. The van der Waals surface area contributed by atoms with Crippen molar-refractivity contribution in [1.82, 2.24) is 0 Å². The first-order valence-corrected chi connectivity index (χ1v) is 5.13. The van der Waals surface area contributed by atoms with Crippen LogP contribution in [0.5, 0.6) is 0 Å². The lowest BCUT2D eigenvalue weighted by atomic mass is 10.1. The number of amides is 1. The molecule has 6 nitrogen and oxygen atoms in total. The molecule has 0 radical (unpaired) electrons. The van der Waals surface area contributed by atoms with Crippen molar-refractivity contribution >= 4 is 17.3 Å². The molecule has 17 heavy (non-hydrogen) atoms. The highest BCUT2D eigenvalue weighted by Gasteiger charge is 2.47. The molecule has 1 aliphatic rings. The van der Waals surface area contributed by atoms with Crippen LogP contribution in [0.1, 0.15) is 12.5 Å². The zero-order valence-electron chi connectivity index (χ0n) is 9.52. The highest BCUT2D eigenvalue weighted by molar-refractivity contribution is 5.98. The normalized spacial score (nSPS) is 22.0. The zero-order valence-corrected chi connectivity index (χ0v) is 9.52. The van der Waals surface area contributed by atoms with Crippen molar-refractivity contribution in [3.8, 4) is 0 Å². The molecule has 2 rings (SSSR count). The summed E-state index contributed by atoms with van der Waals surface area (Å²) in [7, 11) is 0. The quantitative estimate of drug-likeness (QED) is 0.491. The molecule has 1 amide bonds. The van der Waals surface area contributed by atoms with Crippen LogP contribution in [0.3, 0.4) is 0 Å². The lowest BCUT2D eigenvalue weighted by Gasteiger charge is -2.08. The fraction of sp³-hybridized carbons (Fsp3) is 0.364. The summed E-state index contributed by atoms with van der Waals surface area (Å²) in [6.45, 7) is 3.73. The first-order valence-electron chi connectivity index (χ1n) is 5.13. The van der Waals surface area contributed by atoms with Gasteiger partial charge in [-0.2, -0.15) is 0 Å². The maximum absolute atomic E-state index is 11.7. The second-order valence-corrected chi connectivity index (χ2v) is 4.23. The Hall–Kier alpha value is -1.95. The lowest BCUT2D eigenvalue weighted by Crippen LogP contribution is -2.28. The first kappa shape index (κ1) is 11.5. The summed E-state index contributed by atoms with van der Waals surface area (Å²) in [6, 6.07) is 4.46. The van der Waals surface area contributed by atoms with Gasteiger partial charge in [-0.25, -0.2) is 0 Å². The Balaban J connectivity index is 2.15. The number of nitrogens with zero attached hydrogens (tertiary/aromatic N) is 1. The third-order valence-electron chi connectivity index (χ3n) is 2.71. The monoisotopic (exact) mass is 236 g/mol. The molecule has 0 spiro atoms. The van der Waals surface area contributed by atoms with Gasteiger partial charge in [-0.05, 0) is 26.0 Å². The Morgan fingerprint density at radius 3 is 2.71 bits per heavy atom. The summed E-state index contributed by atoms with van der Waals surface area (Å²) in [4.78, 5) is 21.8. The van der Waals surface area contributed by atoms with Crippen molar-refractivity contribution < 1.29 is 14.5 Å². The number of nitrogens with one attached hydrogen (secondary N) is 1. The van der Waals surface area contributed by atoms with E-state index in [4.69, 9.17) is 4.74 Å². The average Bonchev–Trinajstić information content (AvgIpc) is 2.97. The van der Waals surface area contributed by atoms with E-state index < -0.39 is 10.5 Å². The van der Waals surface area contributed by atoms with Gasteiger partial charge in [-0.3, -0.25) is 14.9 Å². The molecule has 1 aromatic carbocycles. The summed E-state index contributed by atoms with van der Waals surface area (Å²) >= 11 is 0. The Kier molecular flexibility index (Phi) is 2.59. The van der Waals surface area contributed by atoms with Crippen LogP contribution >= 0.6 is 0 Å². The minimum Gasteiger partial charge on any atom is -0.359 e. The van der Waals surface area contributed by atoms with Gasteiger partial charge in [0.2, 0.25) is 0 Å². The number of anilines is 1. The molecule has 1 fully saturated rings. The summed E-state index contributed by atoms with van der Waals surface area (Å²) in [6.07, 6.45) is 0. The zero-order chi connectivity index (χ0) is 12.6. The van der Waals surface area contributed by atoms with Crippen molar-refractivity contribution in [2.45, 2.75) is 19.4 Å². The Morgan fingerprint density at radius 2 is 2.24 bits per heavy atom. The van der Waals surface area contributed by atoms with Crippen LogP contribution in [0.2, 0.25) is 0 Å². The highest BCUT2D eigenvalue weighted by Crippen LogP contribution is 2.28. The van der Waals surface area contributed by atoms with E-state index in [2.05, 4.69) is 5.32 Å². The van der Waals surface area contributed by atoms with Crippen LogP contribution in [-0.2, 0) is 9.53 Å². The molecule has 1 heterocycles. The van der Waals surface area contributed by atoms with Gasteiger partial charge >= 0.3 is 0 Å². The standard InChI is InChI=1S/C11H12N2O4/c1-7-5-8(3-4-9(7)13(15)16)12-10(14)11(2)6-17-11/h3-5H,6H2,1-2H3,(H,12,14). The molecule has 0 bridgehead atoms. The van der Waals surface area contributed by atoms with E-state index in [0.29, 0.717) is 17.9 Å². The number of epoxide rings is 1. The highest BCUT2D eigenvalue weighted by atomic mass is 16.6. The summed E-state index contributed by atoms with van der Waals surface area (Å²) in [5.74, 6) is -0.231. The molecule has 1 aliphatic heterocycles. The number of aryl methyl sites for hydroxylation is 1. The molecule has 90 valence electrons. The number of ether oxygens (including phenoxy) is 1. The van der Waals surface area contributed by atoms with Crippen LogP contribution in [0, 0.1) is 17.0 Å². The van der Waals surface area contributed by atoms with Gasteiger partial charge in [-0.15, -0.1) is 0 Å². The molecule has 1 unspecified atom stereocenters. The summed E-state index contributed by atoms with van der Waals surface area (Å²) < 4.78 is 5.00. The minimum absolute atomic E-state index is 0.0388. The Bertz CT molecular complexity index is 494. The van der Waals surface area contributed by atoms with E-state index in [-0.39, 0.29) is 11.6 Å². The average molecular weight is 236 g/mol. The van der Waals surface area contributed by atoms with Crippen LogP contribution in [0.15, 0.2) is 18.2 Å². The van der Waals surface area contributed by atoms with Crippen LogP contribution in [-0.4, -0.2) is 23.0 Å². The molecule has 1 atom stereocenters. The van der Waals surface area contributed by atoms with E-state index >= 15 is 0 Å². The topological polar surface area (TPSA) is 84.8 Å². The Morgan fingerprint density at radius 1 is 1.59 bits per heavy atom. The Labute approximate surface area is 97.7 Å². The number of carbonyl (C=O) groups excluding carboxylic acids is 1. The van der Waals surface area contributed by atoms with Crippen molar-refractivity contribution in [2.75, 3.05) is 11.9 Å². The minimum atomic E-state index is -0.740. The molecule has 1 saturated heterocycles. The smallest absolute Gasteiger partial charge is 0.272 e. The lowest BCUT2D eigenvalue weighted by molar-refractivity contribution is -0.385. The largest absolute Gasteiger partial charge is 0.359 e. The predicted octanol–water partition coefficient (Wildman–Crippen LogP) is 1.63. The number of carbonyl (C=O) groups is 1. The third kappa shape index (κ3) is 2.26. The van der Waals surface area contributed by atoms with Crippen molar-refractivity contribution in [3.05, 3.63) is 33.9 Å². The van der Waals surface area contributed by atoms with E-state index in [1.807, 2.05) is 0 Å².